The van der Waals surface area contributed by atoms with Gasteiger partial charge in [0.2, 0.25) is 0 Å². The van der Waals surface area contributed by atoms with Gasteiger partial charge in [-0.25, -0.2) is 9.97 Å². The van der Waals surface area contributed by atoms with E-state index in [0.717, 1.165) is 85.1 Å². The summed E-state index contributed by atoms with van der Waals surface area (Å²) < 4.78 is 7.48. The molecule has 9 nitrogen and oxygen atoms in total. The first-order chi connectivity index (χ1) is 18.2. The Hall–Kier alpha value is -3.95. The van der Waals surface area contributed by atoms with Crippen molar-refractivity contribution in [3.63, 3.8) is 0 Å². The smallest absolute Gasteiger partial charge is 0.180 e. The zero-order valence-corrected chi connectivity index (χ0v) is 21.3. The molecular formula is C28H32N8O. The topological polar surface area (TPSA) is 86.6 Å². The lowest BCUT2D eigenvalue weighted by molar-refractivity contribution is 0.122. The van der Waals surface area contributed by atoms with Crippen molar-refractivity contribution in [2.24, 2.45) is 0 Å². The maximum absolute atomic E-state index is 5.47. The maximum atomic E-state index is 5.47. The largest absolute Gasteiger partial charge is 0.378 e. The predicted octanol–water partition coefficient (Wildman–Crippen LogP) is 4.69. The summed E-state index contributed by atoms with van der Waals surface area (Å²) in [5.41, 5.74) is 6.90. The second kappa shape index (κ2) is 10.2. The molecule has 0 radical (unpaired) electrons. The van der Waals surface area contributed by atoms with Crippen molar-refractivity contribution < 1.29 is 4.74 Å². The van der Waals surface area contributed by atoms with E-state index in [1.165, 1.54) is 5.69 Å². The normalized spacial score (nSPS) is 14.2. The fourth-order valence-corrected chi connectivity index (χ4v) is 4.89. The van der Waals surface area contributed by atoms with E-state index in [1.54, 1.807) is 6.20 Å². The van der Waals surface area contributed by atoms with Crippen molar-refractivity contribution in [2.45, 2.75) is 20.4 Å². The van der Waals surface area contributed by atoms with Gasteiger partial charge in [-0.2, -0.15) is 5.10 Å². The molecule has 2 aromatic carbocycles. The van der Waals surface area contributed by atoms with Gasteiger partial charge in [-0.05, 0) is 43.4 Å². The number of aromatic amines is 1. The summed E-state index contributed by atoms with van der Waals surface area (Å²) in [4.78, 5) is 14.2. The van der Waals surface area contributed by atoms with Gasteiger partial charge >= 0.3 is 0 Å². The van der Waals surface area contributed by atoms with Crippen molar-refractivity contribution in [1.82, 2.24) is 29.5 Å². The summed E-state index contributed by atoms with van der Waals surface area (Å²) in [6, 6.07) is 14.8. The third-order valence-corrected chi connectivity index (χ3v) is 7.09. The van der Waals surface area contributed by atoms with Crippen LogP contribution in [0.2, 0.25) is 0 Å². The summed E-state index contributed by atoms with van der Waals surface area (Å²) in [5.74, 6) is 0.714. The molecule has 0 bridgehead atoms. The number of rotatable bonds is 8. The molecule has 1 saturated heterocycles. The number of nitrogens with zero attached hydrogens (tertiary/aromatic N) is 6. The van der Waals surface area contributed by atoms with E-state index in [-0.39, 0.29) is 0 Å². The molecule has 1 aliphatic heterocycles. The Morgan fingerprint density at radius 3 is 2.65 bits per heavy atom. The number of hydrogen-bond acceptors (Lipinski definition) is 7. The number of morpholine rings is 1. The van der Waals surface area contributed by atoms with Gasteiger partial charge in [-0.3, -0.25) is 10.00 Å². The van der Waals surface area contributed by atoms with Crippen LogP contribution in [0.5, 0.6) is 0 Å². The van der Waals surface area contributed by atoms with Crippen LogP contribution in [0.15, 0.2) is 61.1 Å². The Morgan fingerprint density at radius 1 is 1.05 bits per heavy atom. The van der Waals surface area contributed by atoms with Gasteiger partial charge in [0.05, 0.1) is 30.1 Å². The van der Waals surface area contributed by atoms with Crippen LogP contribution in [-0.2, 0) is 11.3 Å². The first-order valence-electron chi connectivity index (χ1n) is 12.9. The quantitative estimate of drug-likeness (QED) is 0.322. The lowest BCUT2D eigenvalue weighted by Crippen LogP contribution is -2.36. The number of anilines is 3. The molecular weight excluding hydrogens is 464 g/mol. The average molecular weight is 497 g/mol. The van der Waals surface area contributed by atoms with Gasteiger partial charge in [0, 0.05) is 60.5 Å². The average Bonchev–Trinajstić information content (AvgIpc) is 3.59. The molecule has 1 aliphatic rings. The molecule has 0 spiro atoms. The van der Waals surface area contributed by atoms with Crippen LogP contribution in [0.4, 0.5) is 17.2 Å². The second-order valence-electron chi connectivity index (χ2n) is 9.30. The lowest BCUT2D eigenvalue weighted by Gasteiger charge is -2.28. The number of fused-ring (bicyclic) bond motifs is 2. The Kier molecular flexibility index (Phi) is 6.46. The fourth-order valence-electron chi connectivity index (χ4n) is 4.89. The standard InChI is InChI=1S/C28H32N8O/c1-3-34(4-2)18-26-23-10-5-20(17-24(23)32-33-26)25-19-36-12-11-29-28(36)27(31-25)30-21-6-8-22(9-7-21)35-13-15-37-16-14-35/h5-12,17,19H,3-4,13-16,18H2,1-2H3,(H,30,31)(H,32,33). The van der Waals surface area contributed by atoms with Crippen molar-refractivity contribution in [1.29, 1.82) is 0 Å². The molecule has 1 fully saturated rings. The number of nitrogens with one attached hydrogen (secondary N) is 2. The second-order valence-corrected chi connectivity index (χ2v) is 9.30. The van der Waals surface area contributed by atoms with Crippen LogP contribution in [0.1, 0.15) is 19.5 Å². The molecule has 0 aliphatic carbocycles. The first kappa shape index (κ1) is 23.4. The maximum Gasteiger partial charge on any atom is 0.180 e. The number of hydrogen-bond donors (Lipinski definition) is 2. The number of aromatic nitrogens is 5. The summed E-state index contributed by atoms with van der Waals surface area (Å²) in [7, 11) is 0. The van der Waals surface area contributed by atoms with E-state index in [0.29, 0.717) is 5.82 Å². The lowest BCUT2D eigenvalue weighted by atomic mass is 10.1. The van der Waals surface area contributed by atoms with E-state index >= 15 is 0 Å². The van der Waals surface area contributed by atoms with Crippen LogP contribution in [-0.4, -0.2) is 68.9 Å². The van der Waals surface area contributed by atoms with Gasteiger partial charge in [-0.1, -0.05) is 26.0 Å². The Balaban J connectivity index is 1.29. The van der Waals surface area contributed by atoms with Crippen LogP contribution in [0.25, 0.3) is 27.8 Å². The minimum Gasteiger partial charge on any atom is -0.378 e. The summed E-state index contributed by atoms with van der Waals surface area (Å²) in [6.45, 7) is 10.6. The molecule has 37 heavy (non-hydrogen) atoms. The zero-order valence-electron chi connectivity index (χ0n) is 21.3. The highest BCUT2D eigenvalue weighted by Crippen LogP contribution is 2.28. The van der Waals surface area contributed by atoms with Crippen LogP contribution in [0.3, 0.4) is 0 Å². The highest BCUT2D eigenvalue weighted by atomic mass is 16.5. The Morgan fingerprint density at radius 2 is 1.86 bits per heavy atom. The van der Waals surface area contributed by atoms with E-state index in [9.17, 15) is 0 Å². The number of benzene rings is 2. The number of imidazole rings is 1. The van der Waals surface area contributed by atoms with Gasteiger partial charge in [0.15, 0.2) is 11.5 Å². The highest BCUT2D eigenvalue weighted by Gasteiger charge is 2.14. The number of H-pyrrole nitrogens is 1. The molecule has 190 valence electrons. The molecule has 2 N–H and O–H groups in total. The monoisotopic (exact) mass is 496 g/mol. The third kappa shape index (κ3) is 4.75. The molecule has 0 saturated carbocycles. The Bertz CT molecular complexity index is 1500. The fraction of sp³-hybridized carbons (Fsp3) is 0.321. The van der Waals surface area contributed by atoms with E-state index < -0.39 is 0 Å². The van der Waals surface area contributed by atoms with Crippen molar-refractivity contribution >= 4 is 33.7 Å². The van der Waals surface area contributed by atoms with Crippen LogP contribution in [0, 0.1) is 0 Å². The van der Waals surface area contributed by atoms with Gasteiger partial charge in [0.1, 0.15) is 0 Å². The summed E-state index contributed by atoms with van der Waals surface area (Å²) in [5, 5.41) is 12.5. The van der Waals surface area contributed by atoms with Crippen LogP contribution < -0.4 is 10.2 Å². The van der Waals surface area contributed by atoms with Gasteiger partial charge < -0.3 is 19.4 Å². The minimum atomic E-state index is 0.714. The van der Waals surface area contributed by atoms with E-state index in [2.05, 4.69) is 86.6 Å². The molecule has 6 rings (SSSR count). The van der Waals surface area contributed by atoms with Crippen molar-refractivity contribution in [2.75, 3.05) is 49.6 Å². The van der Waals surface area contributed by atoms with E-state index in [1.807, 2.05) is 16.8 Å². The van der Waals surface area contributed by atoms with E-state index in [4.69, 9.17) is 9.72 Å². The summed E-state index contributed by atoms with van der Waals surface area (Å²) in [6.07, 6.45) is 5.76. The SMILES string of the molecule is CCN(CC)Cc1[nH]nc2cc(-c3cn4ccnc4c(Nc4ccc(N5CCOCC5)cc4)n3)ccc12. The highest BCUT2D eigenvalue weighted by molar-refractivity contribution is 5.86. The molecule has 3 aromatic heterocycles. The number of ether oxygens (including phenoxy) is 1. The Labute approximate surface area is 216 Å². The molecule has 5 aromatic rings. The molecule has 9 heteroatoms. The van der Waals surface area contributed by atoms with Crippen molar-refractivity contribution in [3.05, 3.63) is 66.7 Å². The minimum absolute atomic E-state index is 0.714. The van der Waals surface area contributed by atoms with Crippen LogP contribution >= 0.6 is 0 Å². The predicted molar refractivity (Wildman–Crippen MR) is 147 cm³/mol. The zero-order chi connectivity index (χ0) is 25.2. The molecule has 4 heterocycles. The molecule has 0 atom stereocenters. The van der Waals surface area contributed by atoms with Crippen molar-refractivity contribution in [3.8, 4) is 11.3 Å². The van der Waals surface area contributed by atoms with Gasteiger partial charge in [-0.15, -0.1) is 0 Å². The molecule has 0 unspecified atom stereocenters. The van der Waals surface area contributed by atoms with Gasteiger partial charge in [0.25, 0.3) is 0 Å². The third-order valence-electron chi connectivity index (χ3n) is 7.09. The molecule has 0 amide bonds. The summed E-state index contributed by atoms with van der Waals surface area (Å²) >= 11 is 0. The first-order valence-corrected chi connectivity index (χ1v) is 12.9.